The van der Waals surface area contributed by atoms with Crippen LogP contribution in [0.5, 0.6) is 11.5 Å². The summed E-state index contributed by atoms with van der Waals surface area (Å²) in [6.07, 6.45) is 0. The third kappa shape index (κ3) is 4.27. The second-order valence-corrected chi connectivity index (χ2v) is 7.40. The molecule has 5 rings (SSSR count). The van der Waals surface area contributed by atoms with E-state index in [0.29, 0.717) is 19.0 Å². The lowest BCUT2D eigenvalue weighted by molar-refractivity contribution is 0.284. The summed E-state index contributed by atoms with van der Waals surface area (Å²) in [5.74, 6) is 2.21. The molecule has 1 N–H and O–H groups in total. The Labute approximate surface area is 185 Å². The fourth-order valence-electron chi connectivity index (χ4n) is 3.45. The van der Waals surface area contributed by atoms with Crippen LogP contribution in [-0.2, 0) is 13.2 Å². The highest BCUT2D eigenvalue weighted by Crippen LogP contribution is 2.29. The number of aromatic nitrogens is 5. The Balaban J connectivity index is 1.24. The first kappa shape index (κ1) is 19.7. The standard InChI is InChI=1S/C25H21N5O2/c1-17-23(31-15-18-9-11-20(12-10-18)25-27-29-30-28-25)7-4-8-24(17)32-16-21-14-13-19-5-2-3-6-22(19)26-21/h2-14H,15-16H2,1H3,(H,27,28,29,30). The number of hydrogen-bond donors (Lipinski definition) is 1. The van der Waals surface area contributed by atoms with E-state index in [-0.39, 0.29) is 0 Å². The second kappa shape index (κ2) is 8.85. The molecule has 7 heteroatoms. The second-order valence-electron chi connectivity index (χ2n) is 7.40. The number of H-pyrrole nitrogens is 1. The molecule has 2 heterocycles. The Kier molecular flexibility index (Phi) is 5.45. The number of para-hydroxylation sites is 1. The monoisotopic (exact) mass is 423 g/mol. The Morgan fingerprint density at radius 2 is 1.56 bits per heavy atom. The first-order valence-corrected chi connectivity index (χ1v) is 10.3. The Morgan fingerprint density at radius 1 is 0.781 bits per heavy atom. The van der Waals surface area contributed by atoms with E-state index in [1.165, 1.54) is 0 Å². The number of benzene rings is 3. The van der Waals surface area contributed by atoms with Crippen molar-refractivity contribution < 1.29 is 9.47 Å². The number of pyridine rings is 1. The van der Waals surface area contributed by atoms with Gasteiger partial charge in [0.25, 0.3) is 0 Å². The minimum Gasteiger partial charge on any atom is -0.488 e. The number of nitrogens with one attached hydrogen (secondary N) is 1. The van der Waals surface area contributed by atoms with Crippen LogP contribution >= 0.6 is 0 Å². The summed E-state index contributed by atoms with van der Waals surface area (Å²) >= 11 is 0. The normalized spacial score (nSPS) is 10.9. The number of ether oxygens (including phenoxy) is 2. The average Bonchev–Trinajstić information content (AvgIpc) is 3.38. The summed E-state index contributed by atoms with van der Waals surface area (Å²) in [4.78, 5) is 4.67. The van der Waals surface area contributed by atoms with Gasteiger partial charge in [-0.05, 0) is 47.2 Å². The van der Waals surface area contributed by atoms with Gasteiger partial charge in [-0.2, -0.15) is 0 Å². The number of rotatable bonds is 7. The molecule has 0 saturated heterocycles. The molecule has 0 fully saturated rings. The highest BCUT2D eigenvalue weighted by molar-refractivity contribution is 5.78. The quantitative estimate of drug-likeness (QED) is 0.401. The molecule has 0 unspecified atom stereocenters. The highest BCUT2D eigenvalue weighted by atomic mass is 16.5. The van der Waals surface area contributed by atoms with Crippen molar-refractivity contribution in [2.75, 3.05) is 0 Å². The molecule has 0 aliphatic carbocycles. The van der Waals surface area contributed by atoms with Gasteiger partial charge in [0.1, 0.15) is 24.7 Å². The molecule has 0 atom stereocenters. The van der Waals surface area contributed by atoms with Crippen LogP contribution in [0, 0.1) is 6.92 Å². The fourth-order valence-corrected chi connectivity index (χ4v) is 3.45. The molecule has 0 bridgehead atoms. The molecule has 0 spiro atoms. The van der Waals surface area contributed by atoms with E-state index >= 15 is 0 Å². The maximum absolute atomic E-state index is 6.06. The molecular formula is C25H21N5O2. The molecule has 0 aliphatic heterocycles. The molecule has 3 aromatic carbocycles. The predicted octanol–water partition coefficient (Wildman–Crippen LogP) is 4.88. The van der Waals surface area contributed by atoms with Crippen LogP contribution in [0.2, 0.25) is 0 Å². The van der Waals surface area contributed by atoms with E-state index < -0.39 is 0 Å². The van der Waals surface area contributed by atoms with Crippen LogP contribution in [0.3, 0.4) is 0 Å². The number of tetrazole rings is 1. The van der Waals surface area contributed by atoms with Gasteiger partial charge < -0.3 is 9.47 Å². The zero-order valence-electron chi connectivity index (χ0n) is 17.5. The third-order valence-electron chi connectivity index (χ3n) is 5.23. The third-order valence-corrected chi connectivity index (χ3v) is 5.23. The molecule has 2 aromatic heterocycles. The lowest BCUT2D eigenvalue weighted by Crippen LogP contribution is -2.02. The van der Waals surface area contributed by atoms with Crippen LogP contribution in [0.1, 0.15) is 16.8 Å². The number of hydrogen-bond acceptors (Lipinski definition) is 6. The molecule has 32 heavy (non-hydrogen) atoms. The average molecular weight is 423 g/mol. The summed E-state index contributed by atoms with van der Waals surface area (Å²) in [6, 6.07) is 25.9. The lowest BCUT2D eigenvalue weighted by Gasteiger charge is -2.14. The van der Waals surface area contributed by atoms with Gasteiger partial charge in [0.15, 0.2) is 5.82 Å². The zero-order chi connectivity index (χ0) is 21.8. The molecule has 0 radical (unpaired) electrons. The van der Waals surface area contributed by atoms with Crippen molar-refractivity contribution in [1.82, 2.24) is 25.6 Å². The van der Waals surface area contributed by atoms with Crippen molar-refractivity contribution in [3.05, 3.63) is 95.7 Å². The van der Waals surface area contributed by atoms with E-state index in [9.17, 15) is 0 Å². The molecule has 0 amide bonds. The topological polar surface area (TPSA) is 85.8 Å². The number of aromatic amines is 1. The van der Waals surface area contributed by atoms with Crippen molar-refractivity contribution in [3.8, 4) is 22.9 Å². The smallest absolute Gasteiger partial charge is 0.179 e. The number of nitrogens with zero attached hydrogens (tertiary/aromatic N) is 4. The SMILES string of the molecule is Cc1c(OCc2ccc(-c3nnn[nH]3)cc2)cccc1OCc1ccc2ccccc2n1. The molecular weight excluding hydrogens is 402 g/mol. The molecule has 158 valence electrons. The van der Waals surface area contributed by atoms with Crippen molar-refractivity contribution >= 4 is 10.9 Å². The Hall–Kier alpha value is -4.26. The number of fused-ring (bicyclic) bond motifs is 1. The largest absolute Gasteiger partial charge is 0.488 e. The van der Waals surface area contributed by atoms with Crippen molar-refractivity contribution in [3.63, 3.8) is 0 Å². The van der Waals surface area contributed by atoms with Gasteiger partial charge in [0.2, 0.25) is 0 Å². The van der Waals surface area contributed by atoms with Gasteiger partial charge in [-0.25, -0.2) is 10.1 Å². The van der Waals surface area contributed by atoms with E-state index in [0.717, 1.165) is 44.8 Å². The Bertz CT molecular complexity index is 1330. The van der Waals surface area contributed by atoms with Gasteiger partial charge in [-0.15, -0.1) is 5.10 Å². The fraction of sp³-hybridized carbons (Fsp3) is 0.120. The van der Waals surface area contributed by atoms with Crippen molar-refractivity contribution in [1.29, 1.82) is 0 Å². The maximum atomic E-state index is 6.06. The van der Waals surface area contributed by atoms with Gasteiger partial charge >= 0.3 is 0 Å². The van der Waals surface area contributed by atoms with E-state index in [1.54, 1.807) is 0 Å². The van der Waals surface area contributed by atoms with Crippen LogP contribution in [-0.4, -0.2) is 25.6 Å². The van der Waals surface area contributed by atoms with Crippen molar-refractivity contribution in [2.24, 2.45) is 0 Å². The van der Waals surface area contributed by atoms with Gasteiger partial charge in [0, 0.05) is 16.5 Å². The van der Waals surface area contributed by atoms with Crippen LogP contribution in [0.4, 0.5) is 0 Å². The van der Waals surface area contributed by atoms with E-state index in [4.69, 9.17) is 9.47 Å². The van der Waals surface area contributed by atoms with Crippen LogP contribution in [0.25, 0.3) is 22.3 Å². The summed E-state index contributed by atoms with van der Waals surface area (Å²) in [5, 5.41) is 15.0. The molecule has 5 aromatic rings. The van der Waals surface area contributed by atoms with E-state index in [1.807, 2.05) is 73.7 Å². The van der Waals surface area contributed by atoms with Gasteiger partial charge in [0.05, 0.1) is 11.2 Å². The molecule has 7 nitrogen and oxygen atoms in total. The van der Waals surface area contributed by atoms with Gasteiger partial charge in [-0.1, -0.05) is 54.6 Å². The Morgan fingerprint density at radius 3 is 2.34 bits per heavy atom. The molecule has 0 aliphatic rings. The summed E-state index contributed by atoms with van der Waals surface area (Å²) in [5.41, 5.74) is 4.78. The van der Waals surface area contributed by atoms with Crippen LogP contribution < -0.4 is 9.47 Å². The molecule has 0 saturated carbocycles. The first-order chi connectivity index (χ1) is 15.8. The highest BCUT2D eigenvalue weighted by Gasteiger charge is 2.08. The summed E-state index contributed by atoms with van der Waals surface area (Å²) in [6.45, 7) is 2.84. The lowest BCUT2D eigenvalue weighted by atomic mass is 10.1. The van der Waals surface area contributed by atoms with Crippen LogP contribution in [0.15, 0.2) is 78.9 Å². The summed E-state index contributed by atoms with van der Waals surface area (Å²) in [7, 11) is 0. The van der Waals surface area contributed by atoms with Gasteiger partial charge in [-0.3, -0.25) is 0 Å². The zero-order valence-corrected chi connectivity index (χ0v) is 17.5. The summed E-state index contributed by atoms with van der Waals surface area (Å²) < 4.78 is 12.1. The van der Waals surface area contributed by atoms with E-state index in [2.05, 4.69) is 37.7 Å². The van der Waals surface area contributed by atoms with Crippen molar-refractivity contribution in [2.45, 2.75) is 20.1 Å². The minimum absolute atomic E-state index is 0.396. The maximum Gasteiger partial charge on any atom is 0.179 e. The first-order valence-electron chi connectivity index (χ1n) is 10.3. The minimum atomic E-state index is 0.396. The predicted molar refractivity (Wildman–Crippen MR) is 121 cm³/mol.